The van der Waals surface area contributed by atoms with Crippen LogP contribution in [0.2, 0.25) is 20.1 Å². The Kier molecular flexibility index (Phi) is 20.7. The normalized spacial score (nSPS) is 21.5. The van der Waals surface area contributed by atoms with Crippen LogP contribution in [0.1, 0.15) is 129 Å². The van der Waals surface area contributed by atoms with Crippen molar-refractivity contribution >= 4 is 89.7 Å². The Morgan fingerprint density at radius 3 is 1.14 bits per heavy atom. The zero-order valence-corrected chi connectivity index (χ0v) is 48.1. The van der Waals surface area contributed by atoms with Crippen LogP contribution in [0.25, 0.3) is 0 Å². The summed E-state index contributed by atoms with van der Waals surface area (Å²) in [6.45, 7) is 16.3. The van der Waals surface area contributed by atoms with Gasteiger partial charge in [-0.1, -0.05) is 109 Å². The second kappa shape index (κ2) is 25.3. The molecule has 0 aromatic heterocycles. The van der Waals surface area contributed by atoms with E-state index in [9.17, 15) is 36.0 Å². The van der Waals surface area contributed by atoms with Gasteiger partial charge >= 0.3 is 0 Å². The largest absolute Gasteiger partial charge is 0.356 e. The van der Waals surface area contributed by atoms with E-state index in [2.05, 4.69) is 10.6 Å². The van der Waals surface area contributed by atoms with Gasteiger partial charge < -0.3 is 29.9 Å². The van der Waals surface area contributed by atoms with E-state index in [-0.39, 0.29) is 48.2 Å². The molecule has 0 saturated carbocycles. The number of amides is 4. The van der Waals surface area contributed by atoms with Crippen LogP contribution in [0.3, 0.4) is 0 Å². The molecule has 4 amide bonds. The lowest BCUT2D eigenvalue weighted by atomic mass is 9.90. The summed E-state index contributed by atoms with van der Waals surface area (Å²) in [5, 5.41) is 7.40. The van der Waals surface area contributed by atoms with Gasteiger partial charge in [0.05, 0.1) is 46.2 Å². The standard InChI is InChI=1S/2C27H34Cl2N2O5S/c2*1-6-22(16-37(34,35)27(3,4)5)31-24(18-10-12-20(28)13-11-18)25(19-8-7-9-21(29)14-19)36-23(26(31)33)15-30-17(2)32/h2*7-14,22-25H,6,15-16H2,1-5H3,(H,30,32)/t22-,23+,24+,25+;22-,23-,24+,25+/m00/s1. The smallest absolute Gasteiger partial charge is 0.254 e. The molecule has 2 N–H and O–H groups in total. The molecule has 0 spiro atoms. The van der Waals surface area contributed by atoms with Crippen LogP contribution in [-0.2, 0) is 48.3 Å². The van der Waals surface area contributed by atoms with Gasteiger partial charge in [-0.15, -0.1) is 0 Å². The third kappa shape index (κ3) is 15.0. The van der Waals surface area contributed by atoms with Crippen LogP contribution in [0.4, 0.5) is 0 Å². The molecule has 2 aliphatic rings. The van der Waals surface area contributed by atoms with Crippen LogP contribution in [-0.4, -0.2) is 109 Å². The molecule has 0 radical (unpaired) electrons. The van der Waals surface area contributed by atoms with Crippen molar-refractivity contribution in [2.24, 2.45) is 0 Å². The maximum Gasteiger partial charge on any atom is 0.254 e. The number of halogens is 4. The third-order valence-electron chi connectivity index (χ3n) is 13.1. The molecule has 20 heteroatoms. The fraction of sp³-hybridized carbons (Fsp3) is 0.481. The molecule has 0 aliphatic carbocycles. The fourth-order valence-corrected chi connectivity index (χ4v) is 12.2. The average Bonchev–Trinajstić information content (AvgIpc) is 3.31. The van der Waals surface area contributed by atoms with Crippen molar-refractivity contribution in [2.45, 2.75) is 140 Å². The van der Waals surface area contributed by atoms with E-state index >= 15 is 0 Å². The number of hydrogen-bond acceptors (Lipinski definition) is 10. The number of carbonyl (C=O) groups excluding carboxylic acids is 4. The minimum Gasteiger partial charge on any atom is -0.356 e. The first-order valence-corrected chi connectivity index (χ1v) is 29.2. The van der Waals surface area contributed by atoms with E-state index in [4.69, 9.17) is 55.9 Å². The van der Waals surface area contributed by atoms with Crippen molar-refractivity contribution in [2.75, 3.05) is 24.6 Å². The highest BCUT2D eigenvalue weighted by atomic mass is 35.5. The molecule has 74 heavy (non-hydrogen) atoms. The van der Waals surface area contributed by atoms with Gasteiger partial charge in [0.25, 0.3) is 11.8 Å². The van der Waals surface area contributed by atoms with E-state index in [1.54, 1.807) is 112 Å². The predicted octanol–water partition coefficient (Wildman–Crippen LogP) is 10.3. The molecular formula is C54H68Cl4N4O10S2. The van der Waals surface area contributed by atoms with Gasteiger partial charge in [-0.05, 0) is 125 Å². The van der Waals surface area contributed by atoms with E-state index in [0.29, 0.717) is 32.9 Å². The van der Waals surface area contributed by atoms with Crippen molar-refractivity contribution in [1.29, 1.82) is 0 Å². The molecule has 4 aromatic carbocycles. The fourth-order valence-electron chi connectivity index (χ4n) is 8.75. The summed E-state index contributed by atoms with van der Waals surface area (Å²) in [7, 11) is -7.15. The topological polar surface area (TPSA) is 186 Å². The number of sulfone groups is 2. The maximum absolute atomic E-state index is 14.0. The molecule has 0 unspecified atom stereocenters. The lowest BCUT2D eigenvalue weighted by Crippen LogP contribution is -2.58. The number of benzene rings is 4. The molecule has 4 aromatic rings. The van der Waals surface area contributed by atoms with Crippen molar-refractivity contribution < 1.29 is 45.5 Å². The predicted molar refractivity (Wildman–Crippen MR) is 293 cm³/mol. The quantitative estimate of drug-likeness (QED) is 0.109. The minimum absolute atomic E-state index is 0.0441. The van der Waals surface area contributed by atoms with E-state index in [0.717, 1.165) is 22.3 Å². The summed E-state index contributed by atoms with van der Waals surface area (Å²) in [5.74, 6) is -1.80. The summed E-state index contributed by atoms with van der Waals surface area (Å²) >= 11 is 25.0. The molecule has 8 atom stereocenters. The van der Waals surface area contributed by atoms with Gasteiger partial charge in [-0.25, -0.2) is 16.8 Å². The van der Waals surface area contributed by atoms with Gasteiger partial charge in [0.15, 0.2) is 31.9 Å². The summed E-state index contributed by atoms with van der Waals surface area (Å²) in [6, 6.07) is 25.9. The molecular weight excluding hydrogens is 1070 g/mol. The third-order valence-corrected chi connectivity index (χ3v) is 19.5. The average molecular weight is 1140 g/mol. The first-order chi connectivity index (χ1) is 34.5. The number of nitrogens with one attached hydrogen (secondary N) is 2. The summed E-state index contributed by atoms with van der Waals surface area (Å²) in [6.07, 6.45) is -2.57. The Hall–Kier alpha value is -4.26. The monoisotopic (exact) mass is 1140 g/mol. The first kappa shape index (κ1) is 60.6. The van der Waals surface area contributed by atoms with Crippen LogP contribution in [0.5, 0.6) is 0 Å². The molecule has 2 heterocycles. The van der Waals surface area contributed by atoms with Gasteiger partial charge in [-0.2, -0.15) is 0 Å². The number of ether oxygens (including phenoxy) is 2. The molecule has 2 fully saturated rings. The first-order valence-electron chi connectivity index (χ1n) is 24.4. The number of carbonyl (C=O) groups is 4. The lowest BCUT2D eigenvalue weighted by molar-refractivity contribution is -0.178. The number of rotatable bonds is 16. The van der Waals surface area contributed by atoms with Crippen LogP contribution < -0.4 is 10.6 Å². The van der Waals surface area contributed by atoms with Gasteiger partial charge in [0.2, 0.25) is 11.8 Å². The summed E-state index contributed by atoms with van der Waals surface area (Å²) in [5.41, 5.74) is 2.94. The van der Waals surface area contributed by atoms with E-state index in [1.807, 2.05) is 50.2 Å². The maximum atomic E-state index is 14.0. The molecule has 2 saturated heterocycles. The van der Waals surface area contributed by atoms with Crippen LogP contribution in [0, 0.1) is 0 Å². The molecule has 6 rings (SSSR count). The zero-order chi connectivity index (χ0) is 55.1. The highest BCUT2D eigenvalue weighted by Crippen LogP contribution is 2.46. The molecule has 404 valence electrons. The van der Waals surface area contributed by atoms with Crippen molar-refractivity contribution in [3.8, 4) is 0 Å². The molecule has 2 aliphatic heterocycles. The highest BCUT2D eigenvalue weighted by Gasteiger charge is 2.50. The Balaban J connectivity index is 0.000000274. The van der Waals surface area contributed by atoms with Gasteiger partial charge in [-0.3, -0.25) is 19.2 Å². The number of morpholine rings is 2. The Bertz CT molecular complexity index is 2650. The van der Waals surface area contributed by atoms with Gasteiger partial charge in [0.1, 0.15) is 12.2 Å². The summed E-state index contributed by atoms with van der Waals surface area (Å²) < 4.78 is 63.9. The van der Waals surface area contributed by atoms with Crippen molar-refractivity contribution in [3.05, 3.63) is 139 Å². The van der Waals surface area contributed by atoms with Crippen molar-refractivity contribution in [3.63, 3.8) is 0 Å². The highest BCUT2D eigenvalue weighted by molar-refractivity contribution is 7.93. The second-order valence-electron chi connectivity index (χ2n) is 20.5. The molecule has 0 bridgehead atoms. The van der Waals surface area contributed by atoms with Crippen molar-refractivity contribution in [1.82, 2.24) is 20.4 Å². The number of hydrogen-bond donors (Lipinski definition) is 2. The second-order valence-corrected chi connectivity index (χ2v) is 27.8. The lowest BCUT2D eigenvalue weighted by Gasteiger charge is -2.48. The van der Waals surface area contributed by atoms with Gasteiger partial charge in [0, 0.05) is 46.0 Å². The zero-order valence-electron chi connectivity index (χ0n) is 43.4. The summed E-state index contributed by atoms with van der Waals surface area (Å²) in [4.78, 5) is 54.6. The van der Waals surface area contributed by atoms with E-state index in [1.165, 1.54) is 13.8 Å². The number of nitrogens with zero attached hydrogens (tertiary/aromatic N) is 2. The van der Waals surface area contributed by atoms with E-state index < -0.39 is 77.8 Å². The Morgan fingerprint density at radius 1 is 0.541 bits per heavy atom. The van der Waals surface area contributed by atoms with Crippen LogP contribution in [0.15, 0.2) is 97.1 Å². The Morgan fingerprint density at radius 2 is 0.865 bits per heavy atom. The SMILES string of the molecule is CC[C@@H](CS(=O)(=O)C(C)(C)C)N1C(=O)[C@@H](CNC(C)=O)O[C@H](c2cccc(Cl)c2)[C@H]1c1ccc(Cl)cc1.CC[C@@H](CS(=O)(=O)C(C)(C)C)N1C(=O)[C@H](CNC(C)=O)O[C@H](c2cccc(Cl)c2)[C@H]1c1ccc(Cl)cc1. The minimum atomic E-state index is -3.57. The Labute approximate surface area is 457 Å². The molecule has 14 nitrogen and oxygen atoms in total. The van der Waals surface area contributed by atoms with Crippen LogP contribution >= 0.6 is 46.4 Å².